The number of carbonyl (C=O) groups excluding carboxylic acids is 1. The molecule has 2 fully saturated rings. The molecule has 0 saturated heterocycles. The minimum absolute atomic E-state index is 0.120. The molecule has 0 bridgehead atoms. The standard InChI is InChI=1S/C18H23NO4S/c1-18-9-8-14-13-5-3-12(19-24(21,22)23)10-11(13)2-4-15(14)16(18)6-7-17(18)20/h3,5,10,14-16,19H,2,4,6-9H2,1H3,(H,21,22,23)/t14-,15-,16+,18+/m1/s1. The lowest BCUT2D eigenvalue weighted by Crippen LogP contribution is -2.42. The van der Waals surface area contributed by atoms with Gasteiger partial charge in [0.05, 0.1) is 5.69 Å². The fraction of sp³-hybridized carbons (Fsp3) is 0.611. The van der Waals surface area contributed by atoms with E-state index in [-0.39, 0.29) is 5.41 Å². The molecule has 4 rings (SSSR count). The Balaban J connectivity index is 1.65. The van der Waals surface area contributed by atoms with Crippen LogP contribution >= 0.6 is 0 Å². The molecule has 0 unspecified atom stereocenters. The van der Waals surface area contributed by atoms with E-state index in [1.165, 1.54) is 5.56 Å². The molecular formula is C18H23NO4S. The van der Waals surface area contributed by atoms with E-state index < -0.39 is 10.3 Å². The number of rotatable bonds is 2. The molecule has 4 atom stereocenters. The molecule has 6 heteroatoms. The van der Waals surface area contributed by atoms with Crippen LogP contribution in [0.5, 0.6) is 0 Å². The monoisotopic (exact) mass is 349 g/mol. The van der Waals surface area contributed by atoms with Crippen molar-refractivity contribution in [1.29, 1.82) is 0 Å². The fourth-order valence-electron chi connectivity index (χ4n) is 5.57. The van der Waals surface area contributed by atoms with E-state index in [1.54, 1.807) is 6.07 Å². The highest BCUT2D eigenvalue weighted by atomic mass is 32.2. The molecule has 3 aliphatic rings. The van der Waals surface area contributed by atoms with Crippen LogP contribution < -0.4 is 4.72 Å². The van der Waals surface area contributed by atoms with Gasteiger partial charge in [0.2, 0.25) is 0 Å². The SMILES string of the molecule is C[C@]12CC[C@@H]3c4ccc(NS(=O)(=O)O)cc4CC[C@H]3[C@@H]1CCC2=O. The Bertz CT molecular complexity index is 803. The molecule has 3 aliphatic carbocycles. The van der Waals surface area contributed by atoms with Crippen LogP contribution in [0, 0.1) is 17.3 Å². The van der Waals surface area contributed by atoms with Crippen LogP contribution in [-0.4, -0.2) is 18.8 Å². The first-order valence-corrected chi connectivity index (χ1v) is 10.1. The Morgan fingerprint density at radius 1 is 1.21 bits per heavy atom. The molecule has 0 heterocycles. The Labute approximate surface area is 142 Å². The van der Waals surface area contributed by atoms with Gasteiger partial charge in [0, 0.05) is 11.8 Å². The van der Waals surface area contributed by atoms with Crippen molar-refractivity contribution >= 4 is 21.8 Å². The van der Waals surface area contributed by atoms with Gasteiger partial charge >= 0.3 is 10.3 Å². The van der Waals surface area contributed by atoms with Crippen LogP contribution in [0.4, 0.5) is 5.69 Å². The van der Waals surface area contributed by atoms with Crippen molar-refractivity contribution in [2.45, 2.75) is 51.4 Å². The van der Waals surface area contributed by atoms with E-state index in [2.05, 4.69) is 11.6 Å². The number of hydrogen-bond donors (Lipinski definition) is 2. The summed E-state index contributed by atoms with van der Waals surface area (Å²) in [6, 6.07) is 5.56. The minimum atomic E-state index is -4.24. The highest BCUT2D eigenvalue weighted by Crippen LogP contribution is 2.59. The van der Waals surface area contributed by atoms with Crippen molar-refractivity contribution in [1.82, 2.24) is 0 Å². The summed E-state index contributed by atoms with van der Waals surface area (Å²) in [4.78, 5) is 12.3. The number of hydrogen-bond acceptors (Lipinski definition) is 3. The van der Waals surface area contributed by atoms with Crippen LogP contribution in [0.15, 0.2) is 18.2 Å². The molecule has 2 saturated carbocycles. The number of ketones is 1. The summed E-state index contributed by atoms with van der Waals surface area (Å²) in [6.45, 7) is 2.16. The summed E-state index contributed by atoms with van der Waals surface area (Å²) in [5.41, 5.74) is 2.75. The zero-order chi connectivity index (χ0) is 17.1. The molecule has 0 radical (unpaired) electrons. The molecule has 5 nitrogen and oxygen atoms in total. The van der Waals surface area contributed by atoms with Gasteiger partial charge in [-0.2, -0.15) is 8.42 Å². The summed E-state index contributed by atoms with van der Waals surface area (Å²) in [5, 5.41) is 0. The summed E-state index contributed by atoms with van der Waals surface area (Å²) in [7, 11) is -4.24. The number of nitrogens with one attached hydrogen (secondary N) is 1. The van der Waals surface area contributed by atoms with Crippen molar-refractivity contribution in [2.75, 3.05) is 4.72 Å². The Morgan fingerprint density at radius 3 is 2.75 bits per heavy atom. The van der Waals surface area contributed by atoms with Crippen molar-refractivity contribution in [3.63, 3.8) is 0 Å². The molecule has 0 spiro atoms. The Kier molecular flexibility index (Phi) is 3.55. The summed E-state index contributed by atoms with van der Waals surface area (Å²) in [6.07, 6.45) is 5.70. The third kappa shape index (κ3) is 2.47. The first-order valence-electron chi connectivity index (χ1n) is 8.69. The van der Waals surface area contributed by atoms with Gasteiger partial charge in [-0.1, -0.05) is 13.0 Å². The fourth-order valence-corrected chi connectivity index (χ4v) is 5.99. The molecule has 0 aliphatic heterocycles. The second kappa shape index (κ2) is 5.30. The van der Waals surface area contributed by atoms with Gasteiger partial charge in [0.25, 0.3) is 0 Å². The van der Waals surface area contributed by atoms with E-state index in [9.17, 15) is 13.2 Å². The average molecular weight is 349 g/mol. The van der Waals surface area contributed by atoms with Gasteiger partial charge in [0.1, 0.15) is 5.78 Å². The topological polar surface area (TPSA) is 83.5 Å². The highest BCUT2D eigenvalue weighted by Gasteiger charge is 2.54. The lowest BCUT2D eigenvalue weighted by atomic mass is 9.55. The first kappa shape index (κ1) is 16.1. The molecule has 130 valence electrons. The lowest BCUT2D eigenvalue weighted by molar-refractivity contribution is -0.129. The summed E-state index contributed by atoms with van der Waals surface area (Å²) < 4.78 is 33.1. The predicted octanol–water partition coefficient (Wildman–Crippen LogP) is 3.33. The molecule has 0 amide bonds. The number of carbonyl (C=O) groups is 1. The van der Waals surface area contributed by atoms with Crippen molar-refractivity contribution in [3.8, 4) is 0 Å². The van der Waals surface area contributed by atoms with Gasteiger partial charge in [-0.05, 0) is 73.1 Å². The third-order valence-corrected chi connectivity index (χ3v) is 7.18. The Morgan fingerprint density at radius 2 is 2.00 bits per heavy atom. The van der Waals surface area contributed by atoms with Gasteiger partial charge in [-0.3, -0.25) is 14.1 Å². The van der Waals surface area contributed by atoms with Crippen LogP contribution in [0.2, 0.25) is 0 Å². The van der Waals surface area contributed by atoms with Crippen LogP contribution in [0.3, 0.4) is 0 Å². The number of anilines is 1. The van der Waals surface area contributed by atoms with E-state index in [0.29, 0.717) is 29.2 Å². The first-order chi connectivity index (χ1) is 11.3. The number of fused-ring (bicyclic) bond motifs is 5. The minimum Gasteiger partial charge on any atom is -0.299 e. The van der Waals surface area contributed by atoms with Crippen LogP contribution in [-0.2, 0) is 21.5 Å². The molecule has 1 aromatic carbocycles. The smallest absolute Gasteiger partial charge is 0.299 e. The van der Waals surface area contributed by atoms with Gasteiger partial charge in [-0.15, -0.1) is 0 Å². The van der Waals surface area contributed by atoms with E-state index >= 15 is 0 Å². The highest BCUT2D eigenvalue weighted by molar-refractivity contribution is 7.87. The molecule has 2 N–H and O–H groups in total. The number of aryl methyl sites for hydroxylation is 1. The van der Waals surface area contributed by atoms with Gasteiger partial charge < -0.3 is 0 Å². The second-order valence-electron chi connectivity index (χ2n) is 7.82. The maximum Gasteiger partial charge on any atom is 0.357 e. The molecule has 1 aromatic rings. The summed E-state index contributed by atoms with van der Waals surface area (Å²) in [5.74, 6) is 1.97. The van der Waals surface area contributed by atoms with Gasteiger partial charge in [0.15, 0.2) is 0 Å². The maximum atomic E-state index is 12.3. The quantitative estimate of drug-likeness (QED) is 0.802. The van der Waals surface area contributed by atoms with Crippen LogP contribution in [0.25, 0.3) is 0 Å². The van der Waals surface area contributed by atoms with Gasteiger partial charge in [-0.25, -0.2) is 0 Å². The largest absolute Gasteiger partial charge is 0.357 e. The second-order valence-corrected chi connectivity index (χ2v) is 8.98. The van der Waals surface area contributed by atoms with Crippen molar-refractivity contribution in [3.05, 3.63) is 29.3 Å². The van der Waals surface area contributed by atoms with Crippen molar-refractivity contribution in [2.24, 2.45) is 17.3 Å². The average Bonchev–Trinajstić information content (AvgIpc) is 2.81. The van der Waals surface area contributed by atoms with Crippen LogP contribution in [0.1, 0.15) is 56.1 Å². The summed E-state index contributed by atoms with van der Waals surface area (Å²) >= 11 is 0. The van der Waals surface area contributed by atoms with E-state index in [4.69, 9.17) is 4.55 Å². The molecular weight excluding hydrogens is 326 g/mol. The zero-order valence-electron chi connectivity index (χ0n) is 13.8. The Hall–Kier alpha value is -1.40. The normalized spacial score (nSPS) is 35.1. The maximum absolute atomic E-state index is 12.3. The van der Waals surface area contributed by atoms with E-state index in [1.807, 2.05) is 12.1 Å². The van der Waals surface area contributed by atoms with E-state index in [0.717, 1.165) is 44.1 Å². The number of Topliss-reactive ketones (excluding diaryl/α,β-unsaturated/α-hetero) is 1. The third-order valence-electron chi connectivity index (χ3n) is 6.68. The lowest BCUT2D eigenvalue weighted by Gasteiger charge is -2.48. The number of benzene rings is 1. The zero-order valence-corrected chi connectivity index (χ0v) is 14.6. The predicted molar refractivity (Wildman–Crippen MR) is 91.2 cm³/mol. The molecule has 24 heavy (non-hydrogen) atoms. The molecule has 0 aromatic heterocycles. The van der Waals surface area contributed by atoms with Crippen molar-refractivity contribution < 1.29 is 17.8 Å².